The van der Waals surface area contributed by atoms with Gasteiger partial charge in [-0.3, -0.25) is 9.78 Å². The number of hydrogen-bond donors (Lipinski definition) is 0. The number of hydrogen-bond acceptors (Lipinski definition) is 2. The van der Waals surface area contributed by atoms with E-state index in [-0.39, 0.29) is 5.56 Å². The van der Waals surface area contributed by atoms with E-state index in [0.717, 1.165) is 0 Å². The van der Waals surface area contributed by atoms with Gasteiger partial charge in [0.25, 0.3) is 6.43 Å². The highest BCUT2D eigenvalue weighted by Gasteiger charge is 2.17. The number of rotatable bonds is 2. The molecule has 0 unspecified atom stereocenters. The first kappa shape index (κ1) is 10.5. The standard InChI is InChI=1S/C8H6F2INO/c1-4-5(3-13)7(8(9)10)12-2-6(4)11/h2-3,8H,1H3. The fourth-order valence-electron chi connectivity index (χ4n) is 0.936. The Morgan fingerprint density at radius 3 is 2.69 bits per heavy atom. The Hall–Kier alpha value is -0.590. The number of carbonyl (C=O) groups excluding carboxylic acids is 1. The molecule has 1 heterocycles. The second-order valence-corrected chi connectivity index (χ2v) is 3.61. The molecule has 0 saturated carbocycles. The molecule has 0 fully saturated rings. The number of pyridine rings is 1. The predicted octanol–water partition coefficient (Wildman–Crippen LogP) is 2.74. The lowest BCUT2D eigenvalue weighted by molar-refractivity contribution is 0.110. The van der Waals surface area contributed by atoms with Gasteiger partial charge in [-0.25, -0.2) is 8.78 Å². The van der Waals surface area contributed by atoms with Gasteiger partial charge in [-0.2, -0.15) is 0 Å². The minimum absolute atomic E-state index is 0.00176. The smallest absolute Gasteiger partial charge is 0.281 e. The molecule has 1 aromatic rings. The quantitative estimate of drug-likeness (QED) is 0.620. The Bertz CT molecular complexity index is 341. The van der Waals surface area contributed by atoms with Gasteiger partial charge in [0, 0.05) is 15.3 Å². The van der Waals surface area contributed by atoms with Crippen LogP contribution < -0.4 is 0 Å². The largest absolute Gasteiger partial charge is 0.298 e. The van der Waals surface area contributed by atoms with E-state index >= 15 is 0 Å². The minimum atomic E-state index is -2.70. The van der Waals surface area contributed by atoms with Gasteiger partial charge in [0.1, 0.15) is 5.69 Å². The normalized spacial score (nSPS) is 10.5. The maximum atomic E-state index is 12.3. The van der Waals surface area contributed by atoms with E-state index in [0.29, 0.717) is 15.4 Å². The van der Waals surface area contributed by atoms with Gasteiger partial charge in [0.05, 0.1) is 0 Å². The molecule has 1 rings (SSSR count). The Balaban J connectivity index is 3.38. The molecule has 0 bridgehead atoms. The molecule has 0 N–H and O–H groups in total. The molecule has 0 spiro atoms. The fraction of sp³-hybridized carbons (Fsp3) is 0.250. The summed E-state index contributed by atoms with van der Waals surface area (Å²) in [5.41, 5.74) is 0.121. The first-order valence-electron chi connectivity index (χ1n) is 3.46. The molecule has 0 saturated heterocycles. The first-order chi connectivity index (χ1) is 6.07. The molecule has 70 valence electrons. The van der Waals surface area contributed by atoms with Gasteiger partial charge in [0.2, 0.25) is 0 Å². The molecule has 1 aromatic heterocycles. The maximum absolute atomic E-state index is 12.3. The van der Waals surface area contributed by atoms with E-state index in [4.69, 9.17) is 0 Å². The van der Waals surface area contributed by atoms with Gasteiger partial charge in [0.15, 0.2) is 6.29 Å². The van der Waals surface area contributed by atoms with E-state index in [9.17, 15) is 13.6 Å². The number of aromatic nitrogens is 1. The second kappa shape index (κ2) is 4.08. The molecular formula is C8H6F2INO. The van der Waals surface area contributed by atoms with Crippen molar-refractivity contribution in [3.8, 4) is 0 Å². The lowest BCUT2D eigenvalue weighted by Crippen LogP contribution is -2.02. The maximum Gasteiger partial charge on any atom is 0.281 e. The van der Waals surface area contributed by atoms with Crippen molar-refractivity contribution >= 4 is 28.9 Å². The molecule has 5 heteroatoms. The van der Waals surface area contributed by atoms with Gasteiger partial charge in [-0.05, 0) is 35.1 Å². The summed E-state index contributed by atoms with van der Waals surface area (Å²) >= 11 is 1.95. The van der Waals surface area contributed by atoms with Crippen LogP contribution >= 0.6 is 22.6 Å². The van der Waals surface area contributed by atoms with Crippen molar-refractivity contribution in [3.63, 3.8) is 0 Å². The van der Waals surface area contributed by atoms with E-state index in [1.54, 1.807) is 6.92 Å². The van der Waals surface area contributed by atoms with E-state index in [1.807, 2.05) is 22.6 Å². The number of carbonyl (C=O) groups is 1. The second-order valence-electron chi connectivity index (χ2n) is 2.45. The van der Waals surface area contributed by atoms with Gasteiger partial charge < -0.3 is 0 Å². The highest BCUT2D eigenvalue weighted by Crippen LogP contribution is 2.24. The van der Waals surface area contributed by atoms with Gasteiger partial charge in [-0.15, -0.1) is 0 Å². The number of nitrogens with zero attached hydrogens (tertiary/aromatic N) is 1. The Morgan fingerprint density at radius 1 is 1.62 bits per heavy atom. The van der Waals surface area contributed by atoms with Gasteiger partial charge in [-0.1, -0.05) is 0 Å². The molecule has 0 aliphatic rings. The Labute approximate surface area is 87.5 Å². The van der Waals surface area contributed by atoms with Crippen molar-refractivity contribution in [2.45, 2.75) is 13.3 Å². The monoisotopic (exact) mass is 297 g/mol. The topological polar surface area (TPSA) is 30.0 Å². The van der Waals surface area contributed by atoms with Crippen LogP contribution in [0.2, 0.25) is 0 Å². The van der Waals surface area contributed by atoms with Crippen LogP contribution in [0.5, 0.6) is 0 Å². The van der Waals surface area contributed by atoms with Crippen molar-refractivity contribution in [1.29, 1.82) is 0 Å². The molecule has 0 radical (unpaired) electrons. The number of alkyl halides is 2. The van der Waals surface area contributed by atoms with E-state index < -0.39 is 12.1 Å². The molecule has 0 atom stereocenters. The van der Waals surface area contributed by atoms with Crippen molar-refractivity contribution in [1.82, 2.24) is 4.98 Å². The summed E-state index contributed by atoms with van der Waals surface area (Å²) in [5.74, 6) is 0. The molecule has 0 amide bonds. The summed E-state index contributed by atoms with van der Waals surface area (Å²) in [6.07, 6.45) is -0.938. The Morgan fingerprint density at radius 2 is 2.23 bits per heavy atom. The lowest BCUT2D eigenvalue weighted by Gasteiger charge is -2.06. The first-order valence-corrected chi connectivity index (χ1v) is 4.54. The third kappa shape index (κ3) is 2.01. The fourth-order valence-corrected chi connectivity index (χ4v) is 1.37. The number of halogens is 3. The Kier molecular flexibility index (Phi) is 3.29. The summed E-state index contributed by atoms with van der Waals surface area (Å²) in [7, 11) is 0. The van der Waals surface area contributed by atoms with Crippen LogP contribution in [0.4, 0.5) is 8.78 Å². The zero-order valence-corrected chi connectivity index (χ0v) is 8.88. The van der Waals surface area contributed by atoms with Crippen molar-refractivity contribution in [3.05, 3.63) is 26.6 Å². The van der Waals surface area contributed by atoms with E-state index in [1.165, 1.54) is 6.20 Å². The highest BCUT2D eigenvalue weighted by atomic mass is 127. The van der Waals surface area contributed by atoms with Crippen LogP contribution in [-0.2, 0) is 0 Å². The summed E-state index contributed by atoms with van der Waals surface area (Å²) in [6, 6.07) is 0. The van der Waals surface area contributed by atoms with Gasteiger partial charge >= 0.3 is 0 Å². The summed E-state index contributed by atoms with van der Waals surface area (Å²) < 4.78 is 25.3. The summed E-state index contributed by atoms with van der Waals surface area (Å²) in [6.45, 7) is 1.62. The molecule has 13 heavy (non-hydrogen) atoms. The molecule has 2 nitrogen and oxygen atoms in total. The average Bonchev–Trinajstić information content (AvgIpc) is 2.09. The highest BCUT2D eigenvalue weighted by molar-refractivity contribution is 14.1. The summed E-state index contributed by atoms with van der Waals surface area (Å²) in [4.78, 5) is 14.0. The molecular weight excluding hydrogens is 291 g/mol. The van der Waals surface area contributed by atoms with Crippen LogP contribution in [0.25, 0.3) is 0 Å². The van der Waals surface area contributed by atoms with E-state index in [2.05, 4.69) is 4.98 Å². The van der Waals surface area contributed by atoms with Crippen LogP contribution in [0.15, 0.2) is 6.20 Å². The third-order valence-electron chi connectivity index (χ3n) is 1.68. The van der Waals surface area contributed by atoms with Crippen LogP contribution in [0, 0.1) is 10.5 Å². The zero-order valence-electron chi connectivity index (χ0n) is 6.72. The van der Waals surface area contributed by atoms with Crippen molar-refractivity contribution in [2.24, 2.45) is 0 Å². The minimum Gasteiger partial charge on any atom is -0.298 e. The van der Waals surface area contributed by atoms with Crippen molar-refractivity contribution < 1.29 is 13.6 Å². The lowest BCUT2D eigenvalue weighted by atomic mass is 10.1. The van der Waals surface area contributed by atoms with Crippen LogP contribution in [0.1, 0.15) is 28.0 Å². The third-order valence-corrected chi connectivity index (χ3v) is 2.77. The average molecular weight is 297 g/mol. The van der Waals surface area contributed by atoms with Crippen molar-refractivity contribution in [2.75, 3.05) is 0 Å². The SMILES string of the molecule is Cc1c(I)cnc(C(F)F)c1C=O. The molecule has 0 aliphatic heterocycles. The zero-order chi connectivity index (χ0) is 10.0. The van der Waals surface area contributed by atoms with Crippen LogP contribution in [-0.4, -0.2) is 11.3 Å². The molecule has 0 aliphatic carbocycles. The summed E-state index contributed by atoms with van der Waals surface area (Å²) in [5, 5.41) is 0. The molecule has 0 aromatic carbocycles. The van der Waals surface area contributed by atoms with Crippen LogP contribution in [0.3, 0.4) is 0 Å². The number of aldehydes is 1. The predicted molar refractivity (Wildman–Crippen MR) is 52.0 cm³/mol.